The van der Waals surface area contributed by atoms with Crippen molar-refractivity contribution in [1.29, 1.82) is 0 Å². The minimum Gasteiger partial charge on any atom is -0.390 e. The fraction of sp³-hybridized carbons (Fsp3) is 0.444. The number of fused-ring (bicyclic) bond motifs is 1. The van der Waals surface area contributed by atoms with Gasteiger partial charge in [-0.25, -0.2) is 0 Å². The van der Waals surface area contributed by atoms with Crippen molar-refractivity contribution >= 4 is 12.1 Å². The average Bonchev–Trinajstić information content (AvgIpc) is 2.57. The maximum absolute atomic E-state index is 11.8. The number of hydrogen-bond acceptors (Lipinski definition) is 4. The molecule has 1 amide bonds. The van der Waals surface area contributed by atoms with E-state index in [4.69, 9.17) is 0 Å². The first-order valence-electron chi connectivity index (χ1n) is 8.00. The molecule has 0 fully saturated rings. The van der Waals surface area contributed by atoms with Crippen LogP contribution in [-0.4, -0.2) is 47.9 Å². The average molecular weight is 315 g/mol. The highest BCUT2D eigenvalue weighted by atomic mass is 16.3. The molecule has 0 aliphatic carbocycles. The van der Waals surface area contributed by atoms with Crippen LogP contribution in [0.4, 0.5) is 0 Å². The number of aliphatic imine (C=N–C) groups is 1. The van der Waals surface area contributed by atoms with Crippen LogP contribution in [0.15, 0.2) is 41.0 Å². The van der Waals surface area contributed by atoms with Crippen molar-refractivity contribution in [2.45, 2.75) is 32.9 Å². The summed E-state index contributed by atoms with van der Waals surface area (Å²) in [7, 11) is 0. The van der Waals surface area contributed by atoms with E-state index in [1.807, 2.05) is 6.07 Å². The zero-order chi connectivity index (χ0) is 16.7. The second-order valence-electron chi connectivity index (χ2n) is 5.84. The third kappa shape index (κ3) is 5.30. The molecule has 0 bridgehead atoms. The number of carbonyl (C=O) groups is 1. The predicted octanol–water partition coefficient (Wildman–Crippen LogP) is 1.52. The van der Waals surface area contributed by atoms with Crippen LogP contribution in [0.5, 0.6) is 0 Å². The van der Waals surface area contributed by atoms with Crippen molar-refractivity contribution < 1.29 is 9.90 Å². The molecule has 0 saturated heterocycles. The number of carbonyl (C=O) groups excluding carboxylic acids is 1. The van der Waals surface area contributed by atoms with Crippen LogP contribution < -0.4 is 5.32 Å². The fourth-order valence-corrected chi connectivity index (χ4v) is 2.67. The summed E-state index contributed by atoms with van der Waals surface area (Å²) in [5, 5.41) is 12.9. The van der Waals surface area contributed by atoms with Crippen molar-refractivity contribution in [3.8, 4) is 0 Å². The lowest BCUT2D eigenvalue weighted by molar-refractivity contribution is -0.118. The molecule has 0 spiro atoms. The van der Waals surface area contributed by atoms with E-state index in [2.05, 4.69) is 33.4 Å². The van der Waals surface area contributed by atoms with Crippen LogP contribution in [0.25, 0.3) is 0 Å². The number of hydrogen-bond donors (Lipinski definition) is 2. The van der Waals surface area contributed by atoms with Gasteiger partial charge in [-0.3, -0.25) is 14.7 Å². The molecule has 1 heterocycles. The highest BCUT2D eigenvalue weighted by Gasteiger charge is 2.18. The van der Waals surface area contributed by atoms with Crippen LogP contribution >= 0.6 is 0 Å². The van der Waals surface area contributed by atoms with Gasteiger partial charge in [0.2, 0.25) is 5.91 Å². The smallest absolute Gasteiger partial charge is 0.248 e. The van der Waals surface area contributed by atoms with E-state index in [0.717, 1.165) is 19.5 Å². The Kier molecular flexibility index (Phi) is 6.50. The van der Waals surface area contributed by atoms with Crippen LogP contribution in [0.2, 0.25) is 0 Å². The van der Waals surface area contributed by atoms with E-state index in [1.54, 1.807) is 20.1 Å². The standard InChI is InChI=1S/C18H25N3O2/c1-3-19-10-14(2)18(23)20-11-17(22)13-21-9-8-15-6-4-5-7-16(15)12-21/h3-7,10,17,22H,8-9,11-13H2,1-2H3,(H,20,23)/b14-10+,19-3?. The van der Waals surface area contributed by atoms with Gasteiger partial charge in [0, 0.05) is 44.2 Å². The van der Waals surface area contributed by atoms with Crippen LogP contribution in [0.1, 0.15) is 25.0 Å². The second kappa shape index (κ2) is 8.60. The minimum absolute atomic E-state index is 0.196. The first kappa shape index (κ1) is 17.4. The van der Waals surface area contributed by atoms with Gasteiger partial charge in [0.05, 0.1) is 6.10 Å². The minimum atomic E-state index is -0.577. The summed E-state index contributed by atoms with van der Waals surface area (Å²) in [4.78, 5) is 18.0. The fourth-order valence-electron chi connectivity index (χ4n) is 2.67. The number of amides is 1. The lowest BCUT2D eigenvalue weighted by Gasteiger charge is -2.30. The van der Waals surface area contributed by atoms with Crippen molar-refractivity contribution in [1.82, 2.24) is 10.2 Å². The Morgan fingerprint density at radius 1 is 1.43 bits per heavy atom. The van der Waals surface area contributed by atoms with Gasteiger partial charge in [-0.15, -0.1) is 0 Å². The van der Waals surface area contributed by atoms with Crippen molar-refractivity contribution in [3.05, 3.63) is 47.2 Å². The van der Waals surface area contributed by atoms with E-state index in [-0.39, 0.29) is 12.5 Å². The van der Waals surface area contributed by atoms with Crippen molar-refractivity contribution in [2.24, 2.45) is 4.99 Å². The van der Waals surface area contributed by atoms with E-state index >= 15 is 0 Å². The predicted molar refractivity (Wildman–Crippen MR) is 92.4 cm³/mol. The Labute approximate surface area is 137 Å². The summed E-state index contributed by atoms with van der Waals surface area (Å²) in [6.45, 7) is 6.10. The van der Waals surface area contributed by atoms with E-state index in [1.165, 1.54) is 17.3 Å². The first-order valence-corrected chi connectivity index (χ1v) is 8.00. The van der Waals surface area contributed by atoms with Crippen LogP contribution in [0, 0.1) is 0 Å². The summed E-state index contributed by atoms with van der Waals surface area (Å²) in [6, 6.07) is 8.42. The van der Waals surface area contributed by atoms with E-state index in [0.29, 0.717) is 12.1 Å². The van der Waals surface area contributed by atoms with E-state index in [9.17, 15) is 9.90 Å². The summed E-state index contributed by atoms with van der Waals surface area (Å²) in [5.41, 5.74) is 3.25. The molecule has 1 aromatic carbocycles. The van der Waals surface area contributed by atoms with Gasteiger partial charge in [0.15, 0.2) is 0 Å². The maximum Gasteiger partial charge on any atom is 0.248 e. The van der Waals surface area contributed by atoms with Gasteiger partial charge in [-0.05, 0) is 31.4 Å². The molecular weight excluding hydrogens is 290 g/mol. The largest absolute Gasteiger partial charge is 0.390 e. The van der Waals surface area contributed by atoms with Gasteiger partial charge in [-0.2, -0.15) is 0 Å². The zero-order valence-electron chi connectivity index (χ0n) is 13.8. The molecule has 0 radical (unpaired) electrons. The SMILES string of the molecule is CC=N/C=C(\C)C(=O)NCC(O)CN1CCc2ccccc2C1. The number of β-amino-alcohol motifs (C(OH)–C–C–N with tert-alkyl or cyclic N) is 1. The van der Waals surface area contributed by atoms with Crippen LogP contribution in [-0.2, 0) is 17.8 Å². The number of benzene rings is 1. The molecule has 124 valence electrons. The molecule has 5 heteroatoms. The molecule has 1 aliphatic heterocycles. The first-order chi connectivity index (χ1) is 11.1. The van der Waals surface area contributed by atoms with Crippen molar-refractivity contribution in [3.63, 3.8) is 0 Å². The number of aliphatic hydroxyl groups is 1. The highest BCUT2D eigenvalue weighted by Crippen LogP contribution is 2.18. The Balaban J connectivity index is 1.77. The van der Waals surface area contributed by atoms with Gasteiger partial charge >= 0.3 is 0 Å². The van der Waals surface area contributed by atoms with Gasteiger partial charge < -0.3 is 10.4 Å². The summed E-state index contributed by atoms with van der Waals surface area (Å²) < 4.78 is 0. The van der Waals surface area contributed by atoms with E-state index < -0.39 is 6.10 Å². The Morgan fingerprint density at radius 2 is 2.17 bits per heavy atom. The Morgan fingerprint density at radius 3 is 2.91 bits per heavy atom. The molecule has 0 saturated carbocycles. The molecule has 5 nitrogen and oxygen atoms in total. The normalized spacial score (nSPS) is 17.1. The number of rotatable bonds is 6. The molecule has 2 rings (SSSR count). The summed E-state index contributed by atoms with van der Waals surface area (Å²) >= 11 is 0. The summed E-state index contributed by atoms with van der Waals surface area (Å²) in [6.07, 6.45) is 3.57. The quantitative estimate of drug-likeness (QED) is 0.618. The van der Waals surface area contributed by atoms with Gasteiger partial charge in [-0.1, -0.05) is 24.3 Å². The monoisotopic (exact) mass is 315 g/mol. The Bertz CT molecular complexity index is 596. The number of nitrogens with zero attached hydrogens (tertiary/aromatic N) is 2. The van der Waals surface area contributed by atoms with Gasteiger partial charge in [0.1, 0.15) is 0 Å². The summed E-state index contributed by atoms with van der Waals surface area (Å²) in [5.74, 6) is -0.196. The molecular formula is C18H25N3O2. The molecule has 1 aromatic rings. The molecule has 1 atom stereocenters. The topological polar surface area (TPSA) is 64.9 Å². The number of aliphatic hydroxyl groups excluding tert-OH is 1. The third-order valence-corrected chi connectivity index (χ3v) is 3.95. The second-order valence-corrected chi connectivity index (χ2v) is 5.84. The van der Waals surface area contributed by atoms with Crippen LogP contribution in [0.3, 0.4) is 0 Å². The molecule has 2 N–H and O–H groups in total. The van der Waals surface area contributed by atoms with Crippen molar-refractivity contribution in [2.75, 3.05) is 19.6 Å². The molecule has 1 aliphatic rings. The highest BCUT2D eigenvalue weighted by molar-refractivity contribution is 5.92. The Hall–Kier alpha value is -1.98. The maximum atomic E-state index is 11.8. The lowest BCUT2D eigenvalue weighted by atomic mass is 10.00. The zero-order valence-corrected chi connectivity index (χ0v) is 13.8. The number of nitrogens with one attached hydrogen (secondary N) is 1. The lowest BCUT2D eigenvalue weighted by Crippen LogP contribution is -2.42. The third-order valence-electron chi connectivity index (χ3n) is 3.95. The van der Waals surface area contributed by atoms with Gasteiger partial charge in [0.25, 0.3) is 0 Å². The molecule has 0 aromatic heterocycles. The molecule has 23 heavy (non-hydrogen) atoms. The molecule has 1 unspecified atom stereocenters.